The molecule has 2 N–H and O–H groups in total. The smallest absolute Gasteiger partial charge is 0.170 e. The predicted molar refractivity (Wildman–Crippen MR) is 104 cm³/mol. The molecule has 0 amide bonds. The topological polar surface area (TPSA) is 45.8 Å². The lowest BCUT2D eigenvalue weighted by Crippen LogP contribution is -2.56. The summed E-state index contributed by atoms with van der Waals surface area (Å²) in [5, 5.41) is 7.15. The van der Waals surface area contributed by atoms with Gasteiger partial charge in [-0.05, 0) is 37.5 Å². The molecular weight excluding hydrogens is 334 g/mol. The zero-order chi connectivity index (χ0) is 17.8. The van der Waals surface area contributed by atoms with E-state index in [1.807, 2.05) is 18.2 Å². The average Bonchev–Trinajstić information content (AvgIpc) is 2.66. The Labute approximate surface area is 155 Å². The summed E-state index contributed by atoms with van der Waals surface area (Å²) < 4.78 is 10.6. The van der Waals surface area contributed by atoms with E-state index in [4.69, 9.17) is 28.1 Å². The number of piperidine rings is 3. The molecule has 0 aliphatic carbocycles. The molecule has 3 saturated heterocycles. The molecular formula is C19H25N3O2S. The molecule has 0 saturated carbocycles. The van der Waals surface area contributed by atoms with Crippen molar-refractivity contribution in [3.05, 3.63) is 18.2 Å². The Morgan fingerprint density at radius 3 is 2.60 bits per heavy atom. The van der Waals surface area contributed by atoms with E-state index in [0.29, 0.717) is 23.0 Å². The third kappa shape index (κ3) is 4.17. The van der Waals surface area contributed by atoms with Crippen LogP contribution in [-0.2, 0) is 0 Å². The van der Waals surface area contributed by atoms with Crippen LogP contribution in [-0.4, -0.2) is 49.9 Å². The summed E-state index contributed by atoms with van der Waals surface area (Å²) in [5.74, 6) is 5.47. The Balaban J connectivity index is 1.53. The van der Waals surface area contributed by atoms with E-state index in [-0.39, 0.29) is 0 Å². The van der Waals surface area contributed by atoms with Crippen LogP contribution in [0.5, 0.6) is 11.5 Å². The number of fused-ring (bicyclic) bond motifs is 3. The molecule has 0 spiro atoms. The highest BCUT2D eigenvalue weighted by atomic mass is 32.1. The molecule has 4 rings (SSSR count). The lowest BCUT2D eigenvalue weighted by molar-refractivity contribution is 0.0248. The number of terminal acetylenes is 1. The number of nitrogens with zero attached hydrogens (tertiary/aromatic N) is 1. The average molecular weight is 359 g/mol. The van der Waals surface area contributed by atoms with Gasteiger partial charge in [-0.25, -0.2) is 0 Å². The lowest BCUT2D eigenvalue weighted by Gasteiger charge is -2.48. The van der Waals surface area contributed by atoms with Gasteiger partial charge in [0.15, 0.2) is 5.11 Å². The Morgan fingerprint density at radius 1 is 1.32 bits per heavy atom. The minimum Gasteiger partial charge on any atom is -0.497 e. The quantitative estimate of drug-likeness (QED) is 0.622. The van der Waals surface area contributed by atoms with Crippen molar-refractivity contribution in [1.82, 2.24) is 10.2 Å². The van der Waals surface area contributed by atoms with Crippen LogP contribution < -0.4 is 20.1 Å². The van der Waals surface area contributed by atoms with Crippen molar-refractivity contribution >= 4 is 23.0 Å². The van der Waals surface area contributed by atoms with Crippen molar-refractivity contribution in [2.75, 3.05) is 39.2 Å². The first kappa shape index (κ1) is 17.8. The summed E-state index contributed by atoms with van der Waals surface area (Å²) in [6.07, 6.45) is 8.02. The Hall–Kier alpha value is -1.97. The molecule has 3 heterocycles. The van der Waals surface area contributed by atoms with Crippen molar-refractivity contribution in [1.29, 1.82) is 0 Å². The van der Waals surface area contributed by atoms with Gasteiger partial charge in [-0.3, -0.25) is 4.90 Å². The lowest BCUT2D eigenvalue weighted by atomic mass is 9.76. The van der Waals surface area contributed by atoms with Crippen LogP contribution in [0.3, 0.4) is 0 Å². The second kappa shape index (κ2) is 7.94. The number of ether oxygens (including phenoxy) is 2. The fraction of sp³-hybridized carbons (Fsp3) is 0.526. The number of benzene rings is 1. The molecule has 1 aromatic carbocycles. The monoisotopic (exact) mass is 359 g/mol. The first-order valence-electron chi connectivity index (χ1n) is 8.61. The van der Waals surface area contributed by atoms with E-state index in [9.17, 15) is 0 Å². The summed E-state index contributed by atoms with van der Waals surface area (Å²) >= 11 is 5.44. The maximum absolute atomic E-state index is 5.65. The van der Waals surface area contributed by atoms with Crippen molar-refractivity contribution in [2.24, 2.45) is 11.8 Å². The summed E-state index contributed by atoms with van der Waals surface area (Å²) in [4.78, 5) is 2.49. The van der Waals surface area contributed by atoms with E-state index in [1.165, 1.54) is 6.42 Å². The second-order valence-corrected chi connectivity index (χ2v) is 7.05. The molecule has 0 aromatic heterocycles. The van der Waals surface area contributed by atoms with Crippen molar-refractivity contribution in [3.8, 4) is 23.8 Å². The largest absolute Gasteiger partial charge is 0.497 e. The molecule has 3 aliphatic rings. The standard InChI is InChI=1S/C19H25N3O2S/c1-4-13-12-22-6-5-14(13)7-16(22)11-20-19(25)21-15-8-17(23-2)10-18(9-15)24-3/h1,8-10,13-14,16H,5-7,11-12H2,2-3H3,(H2,20,21,25)/t13-,14+,16+/m0/s1. The fourth-order valence-electron chi connectivity index (χ4n) is 3.80. The molecule has 1 unspecified atom stereocenters. The molecule has 5 nitrogen and oxygen atoms in total. The predicted octanol–water partition coefficient (Wildman–Crippen LogP) is 2.33. The molecule has 3 fully saturated rings. The molecule has 0 radical (unpaired) electrons. The van der Waals surface area contributed by atoms with Crippen molar-refractivity contribution < 1.29 is 9.47 Å². The zero-order valence-electron chi connectivity index (χ0n) is 14.7. The maximum atomic E-state index is 5.65. The van der Waals surface area contributed by atoms with E-state index >= 15 is 0 Å². The van der Waals surface area contributed by atoms with Gasteiger partial charge < -0.3 is 20.1 Å². The fourth-order valence-corrected chi connectivity index (χ4v) is 4.01. The molecule has 1 aromatic rings. The number of hydrogen-bond acceptors (Lipinski definition) is 4. The van der Waals surface area contributed by atoms with Crippen LogP contribution in [0.25, 0.3) is 0 Å². The minimum absolute atomic E-state index is 0.416. The molecule has 134 valence electrons. The van der Waals surface area contributed by atoms with Gasteiger partial charge in [-0.15, -0.1) is 12.3 Å². The van der Waals surface area contributed by atoms with Crippen LogP contribution in [0.4, 0.5) is 5.69 Å². The zero-order valence-corrected chi connectivity index (χ0v) is 15.6. The highest BCUT2D eigenvalue weighted by Crippen LogP contribution is 2.35. The number of thiocarbonyl (C=S) groups is 1. The summed E-state index contributed by atoms with van der Waals surface area (Å²) in [6, 6.07) is 6.11. The van der Waals surface area contributed by atoms with E-state index in [1.54, 1.807) is 14.2 Å². The van der Waals surface area contributed by atoms with Gasteiger partial charge in [0.25, 0.3) is 0 Å². The van der Waals surface area contributed by atoms with Gasteiger partial charge in [0, 0.05) is 48.9 Å². The van der Waals surface area contributed by atoms with E-state index in [2.05, 4.69) is 21.5 Å². The first-order valence-corrected chi connectivity index (χ1v) is 9.02. The van der Waals surface area contributed by atoms with Crippen molar-refractivity contribution in [2.45, 2.75) is 18.9 Å². The normalized spacial score (nSPS) is 27.2. The van der Waals surface area contributed by atoms with Crippen molar-refractivity contribution in [3.63, 3.8) is 0 Å². The number of anilines is 1. The third-order valence-electron chi connectivity index (χ3n) is 5.20. The number of nitrogens with one attached hydrogen (secondary N) is 2. The van der Waals surface area contributed by atoms with Gasteiger partial charge in [-0.2, -0.15) is 0 Å². The van der Waals surface area contributed by atoms with Gasteiger partial charge in [-0.1, -0.05) is 0 Å². The van der Waals surface area contributed by atoms with E-state index < -0.39 is 0 Å². The van der Waals surface area contributed by atoms with E-state index in [0.717, 1.165) is 43.2 Å². The Bertz CT molecular complexity index is 651. The van der Waals surface area contributed by atoms with Gasteiger partial charge >= 0.3 is 0 Å². The Morgan fingerprint density at radius 2 is 2.04 bits per heavy atom. The third-order valence-corrected chi connectivity index (χ3v) is 5.45. The summed E-state index contributed by atoms with van der Waals surface area (Å²) in [5.41, 5.74) is 0.839. The highest BCUT2D eigenvalue weighted by Gasteiger charge is 2.39. The van der Waals surface area contributed by atoms with Gasteiger partial charge in [0.1, 0.15) is 11.5 Å². The highest BCUT2D eigenvalue weighted by molar-refractivity contribution is 7.80. The maximum Gasteiger partial charge on any atom is 0.170 e. The number of hydrogen-bond donors (Lipinski definition) is 2. The Kier molecular flexibility index (Phi) is 5.67. The van der Waals surface area contributed by atoms with Crippen LogP contribution in [0.2, 0.25) is 0 Å². The molecule has 6 heteroatoms. The first-order chi connectivity index (χ1) is 12.1. The second-order valence-electron chi connectivity index (χ2n) is 6.64. The van der Waals surface area contributed by atoms with Crippen LogP contribution in [0.1, 0.15) is 12.8 Å². The molecule has 3 aliphatic heterocycles. The summed E-state index contributed by atoms with van der Waals surface area (Å²) in [7, 11) is 3.26. The van der Waals surface area contributed by atoms with Gasteiger partial charge in [0.05, 0.1) is 14.2 Å². The minimum atomic E-state index is 0.416. The number of methoxy groups -OCH3 is 2. The number of rotatable bonds is 5. The summed E-state index contributed by atoms with van der Waals surface area (Å²) in [6.45, 7) is 2.99. The van der Waals surface area contributed by atoms with Crippen LogP contribution >= 0.6 is 12.2 Å². The molecule has 2 bridgehead atoms. The molecule has 25 heavy (non-hydrogen) atoms. The van der Waals surface area contributed by atoms with Crippen LogP contribution in [0, 0.1) is 24.2 Å². The van der Waals surface area contributed by atoms with Crippen LogP contribution in [0.15, 0.2) is 18.2 Å². The SMILES string of the molecule is C#C[C@H]1CN2CC[C@@H]1C[C@@H]2CNC(=S)Nc1cc(OC)cc(OC)c1. The van der Waals surface area contributed by atoms with Gasteiger partial charge in [0.2, 0.25) is 0 Å². The molecule has 4 atom stereocenters.